The molecule has 0 fully saturated rings. The highest BCUT2D eigenvalue weighted by molar-refractivity contribution is 6.30. The number of hydrogen-bond acceptors (Lipinski definition) is 7. The monoisotopic (exact) mass is 305 g/mol. The van der Waals surface area contributed by atoms with Gasteiger partial charge >= 0.3 is 5.97 Å². The number of halogens is 1. The van der Waals surface area contributed by atoms with Crippen molar-refractivity contribution in [3.63, 3.8) is 0 Å². The molecule has 0 saturated carbocycles. The molecule has 21 heavy (non-hydrogen) atoms. The van der Waals surface area contributed by atoms with Gasteiger partial charge in [-0.1, -0.05) is 23.7 Å². The molecule has 0 aliphatic rings. The highest BCUT2D eigenvalue weighted by Crippen LogP contribution is 2.10. The molecule has 1 aromatic heterocycles. The first-order valence-corrected chi connectivity index (χ1v) is 6.27. The molecule has 1 heterocycles. The Labute approximate surface area is 125 Å². The molecule has 8 heteroatoms. The van der Waals surface area contributed by atoms with E-state index in [1.54, 1.807) is 30.3 Å². The maximum Gasteiger partial charge on any atom is 0.331 e. The number of benzene rings is 1. The minimum Gasteiger partial charge on any atom is -0.454 e. The van der Waals surface area contributed by atoms with Crippen molar-refractivity contribution in [3.8, 4) is 0 Å². The van der Waals surface area contributed by atoms with Gasteiger partial charge in [0, 0.05) is 11.1 Å². The van der Waals surface area contributed by atoms with Crippen LogP contribution in [0.2, 0.25) is 5.02 Å². The zero-order valence-corrected chi connectivity index (χ0v) is 11.6. The fourth-order valence-corrected chi connectivity index (χ4v) is 1.57. The summed E-state index contributed by atoms with van der Waals surface area (Å²) in [6, 6.07) is 7.00. The lowest BCUT2D eigenvalue weighted by Crippen LogP contribution is -2.09. The van der Waals surface area contributed by atoms with Gasteiger partial charge in [-0.25, -0.2) is 4.79 Å². The van der Waals surface area contributed by atoms with E-state index in [2.05, 4.69) is 15.0 Å². The molecule has 0 amide bonds. The number of rotatable bonds is 4. The first-order valence-electron chi connectivity index (χ1n) is 5.89. The van der Waals surface area contributed by atoms with Crippen molar-refractivity contribution in [2.75, 3.05) is 11.5 Å². The molecule has 0 spiro atoms. The van der Waals surface area contributed by atoms with E-state index < -0.39 is 5.97 Å². The lowest BCUT2D eigenvalue weighted by atomic mass is 10.2. The topological polar surface area (TPSA) is 117 Å². The number of aromatic nitrogens is 3. The zero-order valence-electron chi connectivity index (χ0n) is 10.9. The summed E-state index contributed by atoms with van der Waals surface area (Å²) in [5.74, 6) is -0.397. The average molecular weight is 306 g/mol. The summed E-state index contributed by atoms with van der Waals surface area (Å²) in [6.45, 7) is -0.138. The van der Waals surface area contributed by atoms with Crippen LogP contribution in [0.3, 0.4) is 0 Å². The SMILES string of the molecule is Nc1nc(N)nc(COC(=O)C=Cc2ccc(Cl)cc2)n1. The Balaban J connectivity index is 1.91. The molecule has 0 atom stereocenters. The molecule has 0 aliphatic heterocycles. The molecule has 0 bridgehead atoms. The van der Waals surface area contributed by atoms with E-state index >= 15 is 0 Å². The lowest BCUT2D eigenvalue weighted by Gasteiger charge is -2.02. The second-order valence-corrected chi connectivity index (χ2v) is 4.40. The Morgan fingerprint density at radius 2 is 1.76 bits per heavy atom. The van der Waals surface area contributed by atoms with Gasteiger partial charge < -0.3 is 16.2 Å². The highest BCUT2D eigenvalue weighted by atomic mass is 35.5. The number of nitrogen functional groups attached to an aromatic ring is 2. The van der Waals surface area contributed by atoms with Crippen LogP contribution in [0.5, 0.6) is 0 Å². The predicted octanol–water partition coefficient (Wildman–Crippen LogP) is 1.45. The van der Waals surface area contributed by atoms with E-state index in [1.807, 2.05) is 0 Å². The van der Waals surface area contributed by atoms with Crippen LogP contribution in [-0.2, 0) is 16.1 Å². The second-order valence-electron chi connectivity index (χ2n) is 3.96. The summed E-state index contributed by atoms with van der Waals surface area (Å²) in [5.41, 5.74) is 11.6. The van der Waals surface area contributed by atoms with Crippen LogP contribution < -0.4 is 11.5 Å². The minimum atomic E-state index is -0.539. The number of nitrogens with two attached hydrogens (primary N) is 2. The Kier molecular flexibility index (Phi) is 4.68. The maximum absolute atomic E-state index is 11.6. The van der Waals surface area contributed by atoms with Crippen molar-refractivity contribution < 1.29 is 9.53 Å². The zero-order chi connectivity index (χ0) is 15.2. The molecule has 2 aromatic rings. The van der Waals surface area contributed by atoms with Gasteiger partial charge in [-0.15, -0.1) is 0 Å². The van der Waals surface area contributed by atoms with Crippen LogP contribution >= 0.6 is 11.6 Å². The van der Waals surface area contributed by atoms with Crippen molar-refractivity contribution in [1.82, 2.24) is 15.0 Å². The minimum absolute atomic E-state index is 0.0229. The Hall–Kier alpha value is -2.67. The molecule has 0 radical (unpaired) electrons. The van der Waals surface area contributed by atoms with E-state index in [9.17, 15) is 4.79 Å². The molecule has 0 unspecified atom stereocenters. The van der Waals surface area contributed by atoms with Crippen LogP contribution in [0.1, 0.15) is 11.4 Å². The first kappa shape index (κ1) is 14.7. The van der Waals surface area contributed by atoms with Gasteiger partial charge in [0.25, 0.3) is 0 Å². The third-order valence-corrected chi connectivity index (χ3v) is 2.59. The number of carbonyl (C=O) groups is 1. The van der Waals surface area contributed by atoms with Gasteiger partial charge in [0.1, 0.15) is 0 Å². The molecular weight excluding hydrogens is 294 g/mol. The van der Waals surface area contributed by atoms with Gasteiger partial charge in [-0.05, 0) is 23.8 Å². The number of carbonyl (C=O) groups excluding carboxylic acids is 1. The van der Waals surface area contributed by atoms with E-state index in [1.165, 1.54) is 6.08 Å². The molecule has 0 aliphatic carbocycles. The van der Waals surface area contributed by atoms with E-state index in [4.69, 9.17) is 27.8 Å². The predicted molar refractivity (Wildman–Crippen MR) is 78.9 cm³/mol. The fourth-order valence-electron chi connectivity index (χ4n) is 1.44. The van der Waals surface area contributed by atoms with Crippen LogP contribution in [0.4, 0.5) is 11.9 Å². The van der Waals surface area contributed by atoms with Crippen molar-refractivity contribution in [1.29, 1.82) is 0 Å². The fraction of sp³-hybridized carbons (Fsp3) is 0.0769. The van der Waals surface area contributed by atoms with Crippen molar-refractivity contribution in [2.24, 2.45) is 0 Å². The van der Waals surface area contributed by atoms with Gasteiger partial charge in [-0.2, -0.15) is 15.0 Å². The molecule has 0 saturated heterocycles. The number of esters is 1. The summed E-state index contributed by atoms with van der Waals surface area (Å²) < 4.78 is 4.97. The Morgan fingerprint density at radius 3 is 2.38 bits per heavy atom. The van der Waals surface area contributed by atoms with Crippen molar-refractivity contribution in [2.45, 2.75) is 6.61 Å². The number of hydrogen-bond donors (Lipinski definition) is 2. The summed E-state index contributed by atoms with van der Waals surface area (Å²) in [7, 11) is 0. The normalized spacial score (nSPS) is 10.7. The summed E-state index contributed by atoms with van der Waals surface area (Å²) in [4.78, 5) is 22.8. The van der Waals surface area contributed by atoms with Gasteiger partial charge in [-0.3, -0.25) is 0 Å². The molecule has 1 aromatic carbocycles. The number of nitrogens with zero attached hydrogens (tertiary/aromatic N) is 3. The molecule has 108 valence electrons. The summed E-state index contributed by atoms with van der Waals surface area (Å²) >= 11 is 5.76. The van der Waals surface area contributed by atoms with E-state index in [-0.39, 0.29) is 24.3 Å². The molecule has 4 N–H and O–H groups in total. The third-order valence-electron chi connectivity index (χ3n) is 2.34. The average Bonchev–Trinajstić information content (AvgIpc) is 2.43. The second kappa shape index (κ2) is 6.67. The largest absolute Gasteiger partial charge is 0.454 e. The van der Waals surface area contributed by atoms with Crippen LogP contribution in [-0.4, -0.2) is 20.9 Å². The standard InChI is InChI=1S/C13H12ClN5O2/c14-9-4-1-8(2-5-9)3-6-11(20)21-7-10-17-12(15)19-13(16)18-10/h1-6H,7H2,(H4,15,16,17,18,19). The Morgan fingerprint density at radius 1 is 1.14 bits per heavy atom. The first-order chi connectivity index (χ1) is 10.0. The molecular formula is C13H12ClN5O2. The quantitative estimate of drug-likeness (QED) is 0.648. The number of ether oxygens (including phenoxy) is 1. The van der Waals surface area contributed by atoms with Crippen molar-refractivity contribution in [3.05, 3.63) is 46.8 Å². The highest BCUT2D eigenvalue weighted by Gasteiger charge is 2.04. The number of anilines is 2. The smallest absolute Gasteiger partial charge is 0.331 e. The lowest BCUT2D eigenvalue weighted by molar-refractivity contribution is -0.139. The van der Waals surface area contributed by atoms with Crippen LogP contribution in [0.25, 0.3) is 6.08 Å². The van der Waals surface area contributed by atoms with Crippen LogP contribution in [0.15, 0.2) is 30.3 Å². The van der Waals surface area contributed by atoms with Gasteiger partial charge in [0.15, 0.2) is 12.4 Å². The van der Waals surface area contributed by atoms with Gasteiger partial charge in [0.05, 0.1) is 0 Å². The maximum atomic E-state index is 11.6. The molecule has 7 nitrogen and oxygen atoms in total. The van der Waals surface area contributed by atoms with E-state index in [0.29, 0.717) is 5.02 Å². The Bertz CT molecular complexity index is 653. The summed E-state index contributed by atoms with van der Waals surface area (Å²) in [5, 5.41) is 0.625. The van der Waals surface area contributed by atoms with Crippen LogP contribution in [0, 0.1) is 0 Å². The van der Waals surface area contributed by atoms with Crippen molar-refractivity contribution >= 4 is 35.5 Å². The summed E-state index contributed by atoms with van der Waals surface area (Å²) in [6.07, 6.45) is 2.89. The van der Waals surface area contributed by atoms with Gasteiger partial charge in [0.2, 0.25) is 11.9 Å². The third kappa shape index (κ3) is 4.73. The molecule has 2 rings (SSSR count). The van der Waals surface area contributed by atoms with E-state index in [0.717, 1.165) is 5.56 Å².